The Morgan fingerprint density at radius 3 is 0.714 bits per heavy atom. The second-order valence-corrected chi connectivity index (χ2v) is 1.50. The van der Waals surface area contributed by atoms with E-state index in [4.69, 9.17) is 19.2 Å². The summed E-state index contributed by atoms with van der Waals surface area (Å²) in [7, 11) is -5.61. The van der Waals surface area contributed by atoms with Gasteiger partial charge in [-0.3, -0.25) is 0 Å². The average molecular weight is 202 g/mol. The maximum Gasteiger partial charge on any atom is 2.00 e. The van der Waals surface area contributed by atoms with Crippen LogP contribution in [0.1, 0.15) is 0 Å². The van der Waals surface area contributed by atoms with Crippen molar-refractivity contribution in [3.05, 3.63) is 0 Å². The smallest absolute Gasteiger partial charge is 0.894 e. The van der Waals surface area contributed by atoms with Gasteiger partial charge in [-0.05, 0) is 0 Å². The van der Waals surface area contributed by atoms with Crippen LogP contribution in [0.15, 0.2) is 0 Å². The maximum atomic E-state index is 8.58. The fraction of sp³-hybridized carbons (Fsp3) is 0. The summed E-state index contributed by atoms with van der Waals surface area (Å²) in [5.41, 5.74) is 0. The Balaban J connectivity index is -0.0000000800. The van der Waals surface area contributed by atoms with E-state index in [0.717, 1.165) is 0 Å². The summed E-state index contributed by atoms with van der Waals surface area (Å²) in [6, 6.07) is 0. The van der Waals surface area contributed by atoms with Gasteiger partial charge in [0, 0.05) is 0 Å². The van der Waals surface area contributed by atoms with E-state index in [9.17, 15) is 0 Å². The Labute approximate surface area is 62.6 Å². The fourth-order valence-electron chi connectivity index (χ4n) is 0. The minimum absolute atomic E-state index is 0. The van der Waals surface area contributed by atoms with Gasteiger partial charge in [0.2, 0.25) is 0 Å². The average Bonchev–Trinajstić information content (AvgIpc) is 0.722. The van der Waals surface area contributed by atoms with E-state index >= 15 is 0 Å². The van der Waals surface area contributed by atoms with Gasteiger partial charge in [-0.2, -0.15) is 0 Å². The van der Waals surface area contributed by atoms with Crippen LogP contribution in [0, 0.1) is 0 Å². The quantitative estimate of drug-likeness (QED) is 0.367. The first-order valence-electron chi connectivity index (χ1n) is 0.816. The largest absolute Gasteiger partial charge is 2.00 e. The minimum atomic E-state index is -5.61. The molecule has 7 heavy (non-hydrogen) atoms. The van der Waals surface area contributed by atoms with E-state index in [-0.39, 0.29) is 34.1 Å². The third kappa shape index (κ3) is 153. The van der Waals surface area contributed by atoms with E-state index < -0.39 is 9.05 Å². The summed E-state index contributed by atoms with van der Waals surface area (Å²) in [5, 5.41) is 0. The Hall–Kier alpha value is 1.10. The molecule has 4 nitrogen and oxygen atoms in total. The zero-order valence-corrected chi connectivity index (χ0v) is 6.25. The molecule has 0 saturated carbocycles. The van der Waals surface area contributed by atoms with Crippen LogP contribution in [0.3, 0.4) is 0 Å². The number of hydrogen-bond donors (Lipinski definition) is 0. The third-order valence-electron chi connectivity index (χ3n) is 0. The van der Waals surface area contributed by atoms with Crippen LogP contribution in [0.5, 0.6) is 0 Å². The van der Waals surface area contributed by atoms with Crippen molar-refractivity contribution in [3.63, 3.8) is 0 Å². The molecule has 2 radical (unpaired) electrons. The first-order chi connectivity index (χ1) is 2.00. The molecule has 0 aromatic rings. The second kappa shape index (κ2) is 5.24. The van der Waals surface area contributed by atoms with Crippen LogP contribution in [0.4, 0.5) is 0 Å². The van der Waals surface area contributed by atoms with Crippen molar-refractivity contribution in [2.45, 2.75) is 0 Å². The van der Waals surface area contributed by atoms with Gasteiger partial charge in [0.25, 0.3) is 0 Å². The van der Waals surface area contributed by atoms with Crippen LogP contribution in [0.25, 0.3) is 0 Å². The van der Waals surface area contributed by atoms with Crippen molar-refractivity contribution >= 4 is 9.05 Å². The normalized spacial score (nSPS) is 8.57. The van der Waals surface area contributed by atoms with Crippen molar-refractivity contribution < 1.29 is 53.3 Å². The Kier molecular flexibility index (Phi) is 11.7. The molecular formula is Mn2O4Si. The molecule has 0 spiro atoms. The van der Waals surface area contributed by atoms with Crippen molar-refractivity contribution in [1.29, 1.82) is 0 Å². The molecule has 0 bridgehead atoms. The van der Waals surface area contributed by atoms with Gasteiger partial charge >= 0.3 is 34.1 Å². The van der Waals surface area contributed by atoms with Gasteiger partial charge in [0.15, 0.2) is 0 Å². The molecule has 0 amide bonds. The first-order valence-corrected chi connectivity index (χ1v) is 2.45. The van der Waals surface area contributed by atoms with Crippen LogP contribution >= 0.6 is 0 Å². The SMILES string of the molecule is [Mn+2].[Mn+2].[O-][Si]([O-])([O-])[O-]. The van der Waals surface area contributed by atoms with Gasteiger partial charge in [-0.15, -0.1) is 0 Å². The van der Waals surface area contributed by atoms with E-state index in [1.807, 2.05) is 0 Å². The fourth-order valence-corrected chi connectivity index (χ4v) is 0. The zero-order chi connectivity index (χ0) is 4.50. The predicted molar refractivity (Wildman–Crippen MR) is 5.75 cm³/mol. The predicted octanol–water partition coefficient (Wildman–Crippen LogP) is -5.14. The van der Waals surface area contributed by atoms with Gasteiger partial charge in [-0.25, -0.2) is 0 Å². The standard InChI is InChI=1S/2Mn.O4Si/c;;1-5(2,3)4/q2*+2;-4. The molecule has 0 saturated heterocycles. The van der Waals surface area contributed by atoms with Gasteiger partial charge in [-0.1, -0.05) is 0 Å². The monoisotopic (exact) mass is 202 g/mol. The topological polar surface area (TPSA) is 92.2 Å². The van der Waals surface area contributed by atoms with Gasteiger partial charge < -0.3 is 28.2 Å². The van der Waals surface area contributed by atoms with E-state index in [1.54, 1.807) is 0 Å². The second-order valence-electron chi connectivity index (χ2n) is 0.500. The first kappa shape index (κ1) is 15.7. The van der Waals surface area contributed by atoms with E-state index in [0.29, 0.717) is 0 Å². The minimum Gasteiger partial charge on any atom is -0.894 e. The Bertz CT molecular complexity index is 25.2. The molecule has 7 heteroatoms. The van der Waals surface area contributed by atoms with Crippen molar-refractivity contribution in [3.8, 4) is 0 Å². The van der Waals surface area contributed by atoms with E-state index in [2.05, 4.69) is 0 Å². The zero-order valence-electron chi connectivity index (χ0n) is 2.89. The molecule has 0 aliphatic heterocycles. The Morgan fingerprint density at radius 1 is 0.714 bits per heavy atom. The van der Waals surface area contributed by atoms with Crippen molar-refractivity contribution in [2.24, 2.45) is 0 Å². The molecule has 0 unspecified atom stereocenters. The number of hydrogen-bond acceptors (Lipinski definition) is 4. The summed E-state index contributed by atoms with van der Waals surface area (Å²) < 4.78 is 0. The number of rotatable bonds is 0. The van der Waals surface area contributed by atoms with Crippen molar-refractivity contribution in [2.75, 3.05) is 0 Å². The molecule has 0 fully saturated rings. The van der Waals surface area contributed by atoms with Crippen LogP contribution in [-0.4, -0.2) is 9.05 Å². The molecular weight excluding hydrogens is 202 g/mol. The van der Waals surface area contributed by atoms with Crippen LogP contribution in [-0.2, 0) is 34.1 Å². The summed E-state index contributed by atoms with van der Waals surface area (Å²) in [6.07, 6.45) is 0. The van der Waals surface area contributed by atoms with Gasteiger partial charge in [0.05, 0.1) is 0 Å². The maximum absolute atomic E-state index is 8.58. The molecule has 0 aromatic carbocycles. The summed E-state index contributed by atoms with van der Waals surface area (Å²) in [5.74, 6) is 0. The molecule has 0 aromatic heterocycles. The van der Waals surface area contributed by atoms with E-state index in [1.165, 1.54) is 0 Å². The van der Waals surface area contributed by atoms with Gasteiger partial charge in [0.1, 0.15) is 0 Å². The summed E-state index contributed by atoms with van der Waals surface area (Å²) in [4.78, 5) is 34.3. The summed E-state index contributed by atoms with van der Waals surface area (Å²) in [6.45, 7) is 0. The summed E-state index contributed by atoms with van der Waals surface area (Å²) >= 11 is 0. The molecule has 0 N–H and O–H groups in total. The Morgan fingerprint density at radius 2 is 0.714 bits per heavy atom. The molecule has 0 heterocycles. The molecule has 0 atom stereocenters. The molecule has 0 aliphatic rings. The van der Waals surface area contributed by atoms with Crippen LogP contribution < -0.4 is 19.2 Å². The van der Waals surface area contributed by atoms with Crippen molar-refractivity contribution in [1.82, 2.24) is 0 Å². The molecule has 0 aliphatic carbocycles. The third-order valence-corrected chi connectivity index (χ3v) is 0. The molecule has 0 rings (SSSR count). The molecule has 42 valence electrons. The van der Waals surface area contributed by atoms with Crippen LogP contribution in [0.2, 0.25) is 0 Å².